The van der Waals surface area contributed by atoms with Crippen LogP contribution in [0.5, 0.6) is 0 Å². The number of nitrogens with two attached hydrogens (primary N) is 2. The Labute approximate surface area is 126 Å². The average molecular weight is 319 g/mol. The maximum absolute atomic E-state index is 12.8. The molecule has 2 aromatic heterocycles. The monoisotopic (exact) mass is 319 g/mol. The van der Waals surface area contributed by atoms with Crippen molar-refractivity contribution < 1.29 is 13.2 Å². The fourth-order valence-corrected chi connectivity index (χ4v) is 2.16. The molecular formula is C13H8F3N7. The van der Waals surface area contributed by atoms with E-state index in [0.29, 0.717) is 0 Å². The molecule has 7 nitrogen and oxygen atoms in total. The Balaban J connectivity index is 2.34. The first kappa shape index (κ1) is 14.6. The van der Waals surface area contributed by atoms with Gasteiger partial charge in [-0.15, -0.1) is 0 Å². The summed E-state index contributed by atoms with van der Waals surface area (Å²) in [5.41, 5.74) is 11.5. The Morgan fingerprint density at radius 2 is 1.87 bits per heavy atom. The summed E-state index contributed by atoms with van der Waals surface area (Å²) in [5.74, 6) is -1.49. The molecule has 0 saturated carbocycles. The van der Waals surface area contributed by atoms with Crippen LogP contribution in [0.15, 0.2) is 18.2 Å². The minimum Gasteiger partial charge on any atom is -0.382 e. The first-order chi connectivity index (χ1) is 10.8. The van der Waals surface area contributed by atoms with E-state index >= 15 is 0 Å². The minimum atomic E-state index is -4.63. The highest BCUT2D eigenvalue weighted by molar-refractivity contribution is 5.93. The zero-order valence-electron chi connectivity index (χ0n) is 11.3. The van der Waals surface area contributed by atoms with Gasteiger partial charge in [-0.25, -0.2) is 9.97 Å². The van der Waals surface area contributed by atoms with Crippen LogP contribution in [0.25, 0.3) is 22.3 Å². The van der Waals surface area contributed by atoms with E-state index in [-0.39, 0.29) is 39.6 Å². The van der Waals surface area contributed by atoms with Crippen molar-refractivity contribution >= 4 is 22.8 Å². The van der Waals surface area contributed by atoms with Gasteiger partial charge < -0.3 is 16.5 Å². The van der Waals surface area contributed by atoms with Crippen molar-refractivity contribution in [2.75, 3.05) is 11.5 Å². The van der Waals surface area contributed by atoms with E-state index in [1.165, 1.54) is 18.2 Å². The summed E-state index contributed by atoms with van der Waals surface area (Å²) in [5, 5.41) is 9.20. The molecule has 1 aromatic carbocycles. The van der Waals surface area contributed by atoms with Gasteiger partial charge in [0.2, 0.25) is 11.8 Å². The van der Waals surface area contributed by atoms with Crippen molar-refractivity contribution in [2.24, 2.45) is 0 Å². The summed E-state index contributed by atoms with van der Waals surface area (Å²) in [6, 6.07) is 6.24. The molecule has 0 bridgehead atoms. The van der Waals surface area contributed by atoms with Gasteiger partial charge in [0, 0.05) is 5.56 Å². The van der Waals surface area contributed by atoms with Crippen LogP contribution in [-0.2, 0) is 6.18 Å². The number of aromatic amines is 1. The standard InChI is InChI=1S/C13H8F3N7/c14-13(15,16)11-20-7-3-1-2-5(9(7)21-11)8-6(4-17)10(18)23-12(19)22-8/h1-3H,(H,20,21)(H4,18,19,22,23). The normalized spacial score (nSPS) is 11.6. The third-order valence-corrected chi connectivity index (χ3v) is 3.10. The van der Waals surface area contributed by atoms with Crippen LogP contribution in [0.2, 0.25) is 0 Å². The molecule has 116 valence electrons. The number of fused-ring (bicyclic) bond motifs is 1. The first-order valence-electron chi connectivity index (χ1n) is 6.20. The molecule has 0 radical (unpaired) electrons. The summed E-state index contributed by atoms with van der Waals surface area (Å²) < 4.78 is 38.5. The number of rotatable bonds is 1. The Kier molecular flexibility index (Phi) is 3.07. The summed E-state index contributed by atoms with van der Waals surface area (Å²) in [6.07, 6.45) is -4.63. The predicted octanol–water partition coefficient (Wildman–Crippen LogP) is 2.07. The lowest BCUT2D eigenvalue weighted by molar-refractivity contribution is -0.144. The molecule has 0 spiro atoms. The maximum atomic E-state index is 12.8. The molecular weight excluding hydrogens is 311 g/mol. The van der Waals surface area contributed by atoms with E-state index in [9.17, 15) is 18.4 Å². The fraction of sp³-hybridized carbons (Fsp3) is 0.0769. The molecule has 0 aliphatic heterocycles. The number of benzene rings is 1. The Morgan fingerprint density at radius 1 is 1.13 bits per heavy atom. The van der Waals surface area contributed by atoms with E-state index in [1.807, 2.05) is 6.07 Å². The molecule has 3 aromatic rings. The molecule has 0 unspecified atom stereocenters. The van der Waals surface area contributed by atoms with Gasteiger partial charge in [-0.2, -0.15) is 23.4 Å². The van der Waals surface area contributed by atoms with Crippen molar-refractivity contribution in [3.63, 3.8) is 0 Å². The highest BCUT2D eigenvalue weighted by Gasteiger charge is 2.35. The quantitative estimate of drug-likeness (QED) is 0.629. The predicted molar refractivity (Wildman–Crippen MR) is 75.7 cm³/mol. The third kappa shape index (κ3) is 2.38. The first-order valence-corrected chi connectivity index (χ1v) is 6.20. The van der Waals surface area contributed by atoms with E-state index in [4.69, 9.17) is 11.5 Å². The lowest BCUT2D eigenvalue weighted by Crippen LogP contribution is -2.07. The van der Waals surface area contributed by atoms with Gasteiger partial charge in [0.05, 0.1) is 16.7 Å². The zero-order valence-corrected chi connectivity index (χ0v) is 11.3. The van der Waals surface area contributed by atoms with E-state index < -0.39 is 12.0 Å². The van der Waals surface area contributed by atoms with Gasteiger partial charge in [-0.1, -0.05) is 12.1 Å². The molecule has 3 rings (SSSR count). The topological polar surface area (TPSA) is 130 Å². The number of halogens is 3. The van der Waals surface area contributed by atoms with Crippen molar-refractivity contribution in [3.8, 4) is 17.3 Å². The van der Waals surface area contributed by atoms with Crippen LogP contribution in [0.4, 0.5) is 24.9 Å². The summed E-state index contributed by atoms with van der Waals surface area (Å²) in [6.45, 7) is 0. The maximum Gasteiger partial charge on any atom is 0.449 e. The van der Waals surface area contributed by atoms with Gasteiger partial charge in [-0.3, -0.25) is 0 Å². The summed E-state index contributed by atoms with van der Waals surface area (Å²) in [7, 11) is 0. The van der Waals surface area contributed by atoms with Crippen molar-refractivity contribution in [1.82, 2.24) is 19.9 Å². The number of nitrogens with one attached hydrogen (secondary N) is 1. The minimum absolute atomic E-state index is 0.00817. The van der Waals surface area contributed by atoms with Gasteiger partial charge in [0.25, 0.3) is 0 Å². The molecule has 23 heavy (non-hydrogen) atoms. The van der Waals surface area contributed by atoms with Crippen LogP contribution in [0.3, 0.4) is 0 Å². The van der Waals surface area contributed by atoms with E-state index in [2.05, 4.69) is 19.9 Å². The Bertz CT molecular complexity index is 953. The molecule has 0 aliphatic rings. The number of nitrogen functional groups attached to an aromatic ring is 2. The molecule has 10 heteroatoms. The molecule has 0 atom stereocenters. The molecule has 0 fully saturated rings. The Morgan fingerprint density at radius 3 is 2.52 bits per heavy atom. The number of hydrogen-bond acceptors (Lipinski definition) is 6. The number of nitriles is 1. The van der Waals surface area contributed by atoms with Gasteiger partial charge in [0.15, 0.2) is 0 Å². The van der Waals surface area contributed by atoms with Crippen LogP contribution in [0, 0.1) is 11.3 Å². The second-order valence-electron chi connectivity index (χ2n) is 4.59. The largest absolute Gasteiger partial charge is 0.449 e. The lowest BCUT2D eigenvalue weighted by Gasteiger charge is -2.07. The Hall–Kier alpha value is -3.35. The van der Waals surface area contributed by atoms with Crippen LogP contribution < -0.4 is 11.5 Å². The third-order valence-electron chi connectivity index (χ3n) is 3.10. The van der Waals surface area contributed by atoms with Gasteiger partial charge in [-0.05, 0) is 6.07 Å². The highest BCUT2D eigenvalue weighted by atomic mass is 19.4. The van der Waals surface area contributed by atoms with E-state index in [1.54, 1.807) is 0 Å². The molecule has 0 saturated heterocycles. The van der Waals surface area contributed by atoms with Crippen molar-refractivity contribution in [2.45, 2.75) is 6.18 Å². The lowest BCUT2D eigenvalue weighted by atomic mass is 10.1. The SMILES string of the molecule is N#Cc1c(N)nc(N)nc1-c1cccc2[nH]c(C(F)(F)F)nc12. The number of H-pyrrole nitrogens is 1. The number of nitrogens with zero attached hydrogens (tertiary/aromatic N) is 4. The number of aromatic nitrogens is 4. The fourth-order valence-electron chi connectivity index (χ4n) is 2.16. The average Bonchev–Trinajstić information content (AvgIpc) is 2.90. The smallest absolute Gasteiger partial charge is 0.382 e. The molecule has 5 N–H and O–H groups in total. The van der Waals surface area contributed by atoms with Crippen molar-refractivity contribution in [3.05, 3.63) is 29.6 Å². The van der Waals surface area contributed by atoms with E-state index in [0.717, 1.165) is 0 Å². The van der Waals surface area contributed by atoms with Crippen LogP contribution in [-0.4, -0.2) is 19.9 Å². The zero-order chi connectivity index (χ0) is 16.8. The highest BCUT2D eigenvalue weighted by Crippen LogP contribution is 2.34. The van der Waals surface area contributed by atoms with Gasteiger partial charge >= 0.3 is 6.18 Å². The summed E-state index contributed by atoms with van der Waals surface area (Å²) in [4.78, 5) is 13.3. The van der Waals surface area contributed by atoms with Crippen LogP contribution >= 0.6 is 0 Å². The van der Waals surface area contributed by atoms with Crippen molar-refractivity contribution in [1.29, 1.82) is 5.26 Å². The summed E-state index contributed by atoms with van der Waals surface area (Å²) >= 11 is 0. The number of imidazole rings is 1. The van der Waals surface area contributed by atoms with Crippen LogP contribution in [0.1, 0.15) is 11.4 Å². The number of anilines is 2. The second-order valence-corrected chi connectivity index (χ2v) is 4.59. The molecule has 2 heterocycles. The molecule has 0 amide bonds. The van der Waals surface area contributed by atoms with Gasteiger partial charge in [0.1, 0.15) is 17.5 Å². The molecule has 0 aliphatic carbocycles. The second kappa shape index (κ2) is 4.84. The number of hydrogen-bond donors (Lipinski definition) is 3. The number of alkyl halides is 3. The number of para-hydroxylation sites is 1.